The summed E-state index contributed by atoms with van der Waals surface area (Å²) in [6, 6.07) is 11.7. The van der Waals surface area contributed by atoms with E-state index in [-0.39, 0.29) is 37.4 Å². The average molecular weight is 476 g/mol. The van der Waals surface area contributed by atoms with Crippen LogP contribution in [0.5, 0.6) is 0 Å². The third-order valence-corrected chi connectivity index (χ3v) is 6.15. The van der Waals surface area contributed by atoms with Gasteiger partial charge in [-0.15, -0.1) is 0 Å². The van der Waals surface area contributed by atoms with E-state index in [2.05, 4.69) is 0 Å². The van der Waals surface area contributed by atoms with Crippen molar-refractivity contribution in [2.75, 3.05) is 25.0 Å². The maximum absolute atomic E-state index is 13.2. The first-order valence-corrected chi connectivity index (χ1v) is 11.2. The highest BCUT2D eigenvalue weighted by Crippen LogP contribution is 2.40. The van der Waals surface area contributed by atoms with Gasteiger partial charge in [-0.25, -0.2) is 4.79 Å². The van der Waals surface area contributed by atoms with Crippen molar-refractivity contribution < 1.29 is 27.6 Å². The number of halogens is 3. The minimum absolute atomic E-state index is 0.0425. The molecule has 0 unspecified atom stereocenters. The Morgan fingerprint density at radius 3 is 2.12 bits per heavy atom. The number of likely N-dealkylation sites (N-methyl/N-ethyl adjacent to an activating group) is 1. The fourth-order valence-electron chi connectivity index (χ4n) is 4.53. The Kier molecular flexibility index (Phi) is 7.05. The second kappa shape index (κ2) is 9.48. The first kappa shape index (κ1) is 25.3. The highest BCUT2D eigenvalue weighted by molar-refractivity contribution is 6.16. The van der Waals surface area contributed by atoms with Gasteiger partial charge in [0.1, 0.15) is 5.54 Å². The van der Waals surface area contributed by atoms with Crippen LogP contribution in [-0.2, 0) is 11.0 Å². The van der Waals surface area contributed by atoms with Crippen LogP contribution < -0.4 is 4.90 Å². The number of hydrogen-bond donors (Lipinski definition) is 0. The second-order valence-corrected chi connectivity index (χ2v) is 8.23. The Morgan fingerprint density at radius 1 is 0.971 bits per heavy atom. The summed E-state index contributed by atoms with van der Waals surface area (Å²) in [6.07, 6.45) is -4.16. The standard InChI is InChI=1S/C23H22F3N3O3.C2H6/c1-15-12-16(14-17(13-15)23(24,25)26)19(30)28-10-8-22(9-11-28)20(31)27(2)21(32)29(22)18-6-4-3-5-7-18;1-2/h3-7,12-14H,8-11H2,1-2H3;1-2H3. The Balaban J connectivity index is 0.00000158. The molecule has 182 valence electrons. The number of para-hydroxylation sites is 1. The minimum atomic E-state index is -4.55. The molecule has 0 saturated carbocycles. The van der Waals surface area contributed by atoms with Crippen LogP contribution in [0, 0.1) is 6.92 Å². The van der Waals surface area contributed by atoms with Crippen LogP contribution >= 0.6 is 0 Å². The molecular weight excluding hydrogens is 447 g/mol. The molecule has 0 aliphatic carbocycles. The Hall–Kier alpha value is -3.36. The number of hydrogen-bond acceptors (Lipinski definition) is 3. The molecule has 2 aliphatic heterocycles. The van der Waals surface area contributed by atoms with E-state index in [0.717, 1.165) is 17.0 Å². The molecule has 6 nitrogen and oxygen atoms in total. The van der Waals surface area contributed by atoms with Crippen molar-refractivity contribution >= 4 is 23.5 Å². The number of carbonyl (C=O) groups is 3. The molecule has 0 atom stereocenters. The summed E-state index contributed by atoms with van der Waals surface area (Å²) in [5, 5.41) is 0. The lowest BCUT2D eigenvalue weighted by Gasteiger charge is -2.42. The summed E-state index contributed by atoms with van der Waals surface area (Å²) < 4.78 is 39.5. The molecule has 0 N–H and O–H groups in total. The smallest absolute Gasteiger partial charge is 0.338 e. The van der Waals surface area contributed by atoms with Crippen molar-refractivity contribution in [2.24, 2.45) is 0 Å². The van der Waals surface area contributed by atoms with Gasteiger partial charge in [0.15, 0.2) is 0 Å². The Labute approximate surface area is 196 Å². The largest absolute Gasteiger partial charge is 0.416 e. The predicted octanol–water partition coefficient (Wildman–Crippen LogP) is 5.11. The van der Waals surface area contributed by atoms with Crippen molar-refractivity contribution in [3.63, 3.8) is 0 Å². The number of amides is 4. The molecule has 2 aliphatic rings. The van der Waals surface area contributed by atoms with E-state index < -0.39 is 29.2 Å². The maximum Gasteiger partial charge on any atom is 0.416 e. The summed E-state index contributed by atoms with van der Waals surface area (Å²) in [7, 11) is 1.43. The van der Waals surface area contributed by atoms with Crippen LogP contribution in [0.4, 0.5) is 23.7 Å². The number of carbonyl (C=O) groups excluding carboxylic acids is 3. The van der Waals surface area contributed by atoms with Crippen molar-refractivity contribution in [3.05, 3.63) is 65.2 Å². The number of alkyl halides is 3. The lowest BCUT2D eigenvalue weighted by Crippen LogP contribution is -2.57. The molecule has 0 bridgehead atoms. The van der Waals surface area contributed by atoms with E-state index in [1.165, 1.54) is 29.8 Å². The van der Waals surface area contributed by atoms with Gasteiger partial charge in [-0.3, -0.25) is 19.4 Å². The summed E-state index contributed by atoms with van der Waals surface area (Å²) in [5.74, 6) is -0.862. The third kappa shape index (κ3) is 4.38. The molecule has 0 radical (unpaired) electrons. The molecule has 2 aromatic rings. The van der Waals surface area contributed by atoms with Gasteiger partial charge in [0.05, 0.1) is 5.56 Å². The van der Waals surface area contributed by atoms with Gasteiger partial charge in [-0.1, -0.05) is 32.0 Å². The van der Waals surface area contributed by atoms with E-state index in [9.17, 15) is 27.6 Å². The van der Waals surface area contributed by atoms with Gasteiger partial charge in [0, 0.05) is 31.4 Å². The quantitative estimate of drug-likeness (QED) is 0.567. The molecule has 1 spiro atoms. The zero-order valence-corrected chi connectivity index (χ0v) is 19.6. The van der Waals surface area contributed by atoms with Crippen LogP contribution in [0.15, 0.2) is 48.5 Å². The molecule has 9 heteroatoms. The highest BCUT2D eigenvalue weighted by Gasteiger charge is 2.57. The van der Waals surface area contributed by atoms with Crippen LogP contribution in [-0.4, -0.2) is 53.3 Å². The summed E-state index contributed by atoms with van der Waals surface area (Å²) in [6.45, 7) is 5.79. The topological polar surface area (TPSA) is 60.9 Å². The number of piperidine rings is 1. The number of nitrogens with zero attached hydrogens (tertiary/aromatic N) is 3. The number of aryl methyl sites for hydroxylation is 1. The van der Waals surface area contributed by atoms with Gasteiger partial charge >= 0.3 is 12.2 Å². The minimum Gasteiger partial charge on any atom is -0.338 e. The first-order valence-electron chi connectivity index (χ1n) is 11.2. The molecule has 2 heterocycles. The number of likely N-dealkylation sites (tertiary alicyclic amines) is 1. The van der Waals surface area contributed by atoms with E-state index in [0.29, 0.717) is 11.3 Å². The van der Waals surface area contributed by atoms with Gasteiger partial charge in [0.25, 0.3) is 11.8 Å². The molecule has 2 saturated heterocycles. The third-order valence-electron chi connectivity index (χ3n) is 6.15. The number of anilines is 1. The zero-order chi connectivity index (χ0) is 25.3. The number of urea groups is 1. The fraction of sp³-hybridized carbons (Fsp3) is 0.400. The maximum atomic E-state index is 13.2. The van der Waals surface area contributed by atoms with Crippen molar-refractivity contribution in [1.82, 2.24) is 9.80 Å². The Morgan fingerprint density at radius 2 is 1.56 bits per heavy atom. The fourth-order valence-corrected chi connectivity index (χ4v) is 4.53. The Bertz CT molecular complexity index is 1080. The summed E-state index contributed by atoms with van der Waals surface area (Å²) in [4.78, 5) is 42.9. The predicted molar refractivity (Wildman–Crippen MR) is 122 cm³/mol. The average Bonchev–Trinajstić information content (AvgIpc) is 3.00. The lowest BCUT2D eigenvalue weighted by atomic mass is 9.85. The molecule has 4 amide bonds. The molecule has 2 aromatic carbocycles. The number of imide groups is 1. The molecule has 34 heavy (non-hydrogen) atoms. The lowest BCUT2D eigenvalue weighted by molar-refractivity contribution is -0.137. The zero-order valence-electron chi connectivity index (χ0n) is 19.6. The van der Waals surface area contributed by atoms with Crippen molar-refractivity contribution in [1.29, 1.82) is 0 Å². The van der Waals surface area contributed by atoms with Gasteiger partial charge in [-0.05, 0) is 55.7 Å². The van der Waals surface area contributed by atoms with Gasteiger partial charge in [-0.2, -0.15) is 13.2 Å². The molecular formula is C25H28F3N3O3. The van der Waals surface area contributed by atoms with Crippen LogP contribution in [0.1, 0.15) is 48.2 Å². The van der Waals surface area contributed by atoms with Gasteiger partial charge < -0.3 is 4.90 Å². The van der Waals surface area contributed by atoms with Gasteiger partial charge in [0.2, 0.25) is 0 Å². The van der Waals surface area contributed by atoms with Crippen LogP contribution in [0.2, 0.25) is 0 Å². The van der Waals surface area contributed by atoms with E-state index in [1.54, 1.807) is 30.3 Å². The first-order chi connectivity index (χ1) is 16.0. The second-order valence-electron chi connectivity index (χ2n) is 8.23. The van der Waals surface area contributed by atoms with Crippen LogP contribution in [0.25, 0.3) is 0 Å². The van der Waals surface area contributed by atoms with Crippen LogP contribution in [0.3, 0.4) is 0 Å². The molecule has 0 aromatic heterocycles. The number of rotatable bonds is 2. The molecule has 4 rings (SSSR count). The SMILES string of the molecule is CC.Cc1cc(C(=O)N2CCC3(CC2)C(=O)N(C)C(=O)N3c2ccccc2)cc(C(F)(F)F)c1. The van der Waals surface area contributed by atoms with Crippen molar-refractivity contribution in [2.45, 2.75) is 45.3 Å². The van der Waals surface area contributed by atoms with Crippen molar-refractivity contribution in [3.8, 4) is 0 Å². The van der Waals surface area contributed by atoms with E-state index in [4.69, 9.17) is 0 Å². The highest BCUT2D eigenvalue weighted by atomic mass is 19.4. The van der Waals surface area contributed by atoms with E-state index >= 15 is 0 Å². The number of benzene rings is 2. The summed E-state index contributed by atoms with van der Waals surface area (Å²) in [5.41, 5.74) is -1.11. The molecule has 2 fully saturated rings. The van der Waals surface area contributed by atoms with E-state index in [1.807, 2.05) is 13.8 Å². The summed E-state index contributed by atoms with van der Waals surface area (Å²) >= 11 is 0. The normalized spacial score (nSPS) is 17.7. The monoisotopic (exact) mass is 475 g/mol.